The third-order valence-electron chi connectivity index (χ3n) is 6.86. The number of hydrogen-bond acceptors (Lipinski definition) is 6. The van der Waals surface area contributed by atoms with Gasteiger partial charge in [-0.2, -0.15) is 0 Å². The minimum Gasteiger partial charge on any atom is -0.384 e. The normalized spacial score (nSPS) is 21.7. The molecule has 2 aromatic rings. The predicted molar refractivity (Wildman–Crippen MR) is 144 cm³/mol. The van der Waals surface area contributed by atoms with Crippen LogP contribution in [-0.2, 0) is 0 Å². The van der Waals surface area contributed by atoms with Gasteiger partial charge in [-0.25, -0.2) is 9.37 Å². The van der Waals surface area contributed by atoms with Crippen molar-refractivity contribution in [1.82, 2.24) is 14.8 Å². The van der Waals surface area contributed by atoms with Crippen molar-refractivity contribution in [2.24, 2.45) is 16.8 Å². The third-order valence-corrected chi connectivity index (χ3v) is 7.09. The number of pyridine rings is 1. The lowest BCUT2D eigenvalue weighted by Gasteiger charge is -2.32. The summed E-state index contributed by atoms with van der Waals surface area (Å²) in [7, 11) is 3.99. The average molecular weight is 497 g/mol. The largest absolute Gasteiger partial charge is 0.384 e. The number of piperazine rings is 1. The number of hydrogen-bond donors (Lipinski definition) is 2. The van der Waals surface area contributed by atoms with Crippen LogP contribution in [0.4, 0.5) is 15.9 Å². The Balaban J connectivity index is 1.52. The summed E-state index contributed by atoms with van der Waals surface area (Å²) in [6, 6.07) is 8.10. The predicted octanol–water partition coefficient (Wildman–Crippen LogP) is 4.81. The Bertz CT molecular complexity index is 1120. The number of benzene rings is 1. The van der Waals surface area contributed by atoms with Crippen LogP contribution in [-0.4, -0.2) is 67.3 Å². The first kappa shape index (κ1) is 25.4. The minimum atomic E-state index is -0.366. The Hall–Kier alpha value is -2.74. The molecule has 8 heteroatoms. The fraction of sp³-hybridized carbons (Fsp3) is 0.407. The summed E-state index contributed by atoms with van der Waals surface area (Å²) in [6.45, 7) is 9.75. The SMILES string of the molecule is C=C(/C=C(/Nc1ccnc(N)c1)C(=NC)C1CC1CCN1CCN(C)CC1)c1cc(Cl)ccc1F. The van der Waals surface area contributed by atoms with E-state index in [9.17, 15) is 4.39 Å². The molecule has 2 unspecified atom stereocenters. The lowest BCUT2D eigenvalue weighted by Crippen LogP contribution is -2.44. The van der Waals surface area contributed by atoms with E-state index in [1.165, 1.54) is 12.1 Å². The lowest BCUT2D eigenvalue weighted by atomic mass is 10.0. The molecule has 6 nitrogen and oxygen atoms in total. The van der Waals surface area contributed by atoms with Gasteiger partial charge in [0.1, 0.15) is 11.6 Å². The van der Waals surface area contributed by atoms with Crippen molar-refractivity contribution in [2.45, 2.75) is 12.8 Å². The van der Waals surface area contributed by atoms with Crippen molar-refractivity contribution in [2.75, 3.05) is 57.9 Å². The second-order valence-corrected chi connectivity index (χ2v) is 9.88. The molecular weight excluding hydrogens is 463 g/mol. The first-order valence-electron chi connectivity index (χ1n) is 12.1. The average Bonchev–Trinajstić information content (AvgIpc) is 3.60. The van der Waals surface area contributed by atoms with Gasteiger partial charge in [0.25, 0.3) is 0 Å². The summed E-state index contributed by atoms with van der Waals surface area (Å²) in [5.74, 6) is 0.981. The molecule has 0 radical (unpaired) electrons. The van der Waals surface area contributed by atoms with Gasteiger partial charge in [0, 0.05) is 67.7 Å². The van der Waals surface area contributed by atoms with Crippen LogP contribution >= 0.6 is 11.6 Å². The van der Waals surface area contributed by atoms with Crippen molar-refractivity contribution in [3.8, 4) is 0 Å². The van der Waals surface area contributed by atoms with Gasteiger partial charge >= 0.3 is 0 Å². The molecule has 186 valence electrons. The summed E-state index contributed by atoms with van der Waals surface area (Å²) < 4.78 is 14.5. The molecule has 2 fully saturated rings. The van der Waals surface area contributed by atoms with Crippen molar-refractivity contribution >= 4 is 34.4 Å². The van der Waals surface area contributed by atoms with Gasteiger partial charge in [-0.05, 0) is 68.3 Å². The highest BCUT2D eigenvalue weighted by molar-refractivity contribution is 6.30. The van der Waals surface area contributed by atoms with Crippen molar-refractivity contribution in [1.29, 1.82) is 0 Å². The number of aromatic nitrogens is 1. The maximum atomic E-state index is 14.5. The summed E-state index contributed by atoms with van der Waals surface area (Å²) in [5, 5.41) is 3.90. The first-order valence-corrected chi connectivity index (χ1v) is 12.4. The zero-order valence-corrected chi connectivity index (χ0v) is 21.2. The molecule has 1 aliphatic carbocycles. The topological polar surface area (TPSA) is 69.8 Å². The van der Waals surface area contributed by atoms with Crippen molar-refractivity contribution < 1.29 is 4.39 Å². The number of likely N-dealkylation sites (N-methyl/N-ethyl adjacent to an activating group) is 1. The number of nitrogen functional groups attached to an aromatic ring is 1. The molecule has 2 heterocycles. The summed E-state index contributed by atoms with van der Waals surface area (Å²) in [6.07, 6.45) is 5.74. The van der Waals surface area contributed by atoms with Gasteiger partial charge in [-0.3, -0.25) is 4.99 Å². The Morgan fingerprint density at radius 2 is 2.06 bits per heavy atom. The number of nitrogens with zero attached hydrogens (tertiary/aromatic N) is 4. The Labute approximate surface area is 212 Å². The Morgan fingerprint density at radius 1 is 1.29 bits per heavy atom. The van der Waals surface area contributed by atoms with E-state index in [2.05, 4.69) is 38.7 Å². The van der Waals surface area contributed by atoms with Crippen LogP contribution in [0.1, 0.15) is 18.4 Å². The van der Waals surface area contributed by atoms with Gasteiger partial charge < -0.3 is 20.9 Å². The smallest absolute Gasteiger partial charge is 0.131 e. The molecule has 0 amide bonds. The molecule has 4 rings (SSSR count). The zero-order valence-electron chi connectivity index (χ0n) is 20.5. The Kier molecular flexibility index (Phi) is 8.21. The van der Waals surface area contributed by atoms with Crippen LogP contribution in [0.25, 0.3) is 5.57 Å². The molecule has 0 bridgehead atoms. The van der Waals surface area contributed by atoms with E-state index in [0.717, 1.165) is 62.7 Å². The second kappa shape index (κ2) is 11.3. The molecular formula is C27H34ClFN6. The minimum absolute atomic E-state index is 0.349. The van der Waals surface area contributed by atoms with E-state index < -0.39 is 0 Å². The molecule has 2 atom stereocenters. The van der Waals surface area contributed by atoms with Gasteiger partial charge in [0.05, 0.1) is 11.4 Å². The van der Waals surface area contributed by atoms with Crippen LogP contribution < -0.4 is 11.1 Å². The first-order chi connectivity index (χ1) is 16.8. The van der Waals surface area contributed by atoms with Crippen LogP contribution in [0.15, 0.2) is 59.9 Å². The molecule has 1 saturated carbocycles. The summed E-state index contributed by atoms with van der Waals surface area (Å²) >= 11 is 6.13. The highest BCUT2D eigenvalue weighted by Crippen LogP contribution is 2.44. The molecule has 0 spiro atoms. The summed E-state index contributed by atoms with van der Waals surface area (Å²) in [5.41, 5.74) is 9.32. The van der Waals surface area contributed by atoms with Gasteiger partial charge in [-0.1, -0.05) is 18.2 Å². The molecule has 1 aromatic heterocycles. The van der Waals surface area contributed by atoms with Gasteiger partial charge in [0.2, 0.25) is 0 Å². The van der Waals surface area contributed by atoms with E-state index in [1.54, 1.807) is 18.3 Å². The molecule has 2 aliphatic rings. The van der Waals surface area contributed by atoms with Crippen molar-refractivity contribution in [3.05, 3.63) is 71.3 Å². The molecule has 3 N–H and O–H groups in total. The number of nitrogens with two attached hydrogens (primary N) is 1. The highest BCUT2D eigenvalue weighted by Gasteiger charge is 2.41. The maximum absolute atomic E-state index is 14.5. The molecule has 1 aromatic carbocycles. The van der Waals surface area contributed by atoms with E-state index in [1.807, 2.05) is 19.2 Å². The van der Waals surface area contributed by atoms with E-state index in [-0.39, 0.29) is 5.82 Å². The fourth-order valence-electron chi connectivity index (χ4n) is 4.66. The summed E-state index contributed by atoms with van der Waals surface area (Å²) in [4.78, 5) is 13.7. The van der Waals surface area contributed by atoms with Gasteiger partial charge in [0.15, 0.2) is 0 Å². The van der Waals surface area contributed by atoms with E-state index >= 15 is 0 Å². The second-order valence-electron chi connectivity index (χ2n) is 9.45. The molecule has 35 heavy (non-hydrogen) atoms. The number of rotatable bonds is 9. The number of aliphatic imine (C=N–C) groups is 1. The van der Waals surface area contributed by atoms with Crippen LogP contribution in [0, 0.1) is 17.7 Å². The number of anilines is 2. The third kappa shape index (κ3) is 6.69. The number of halogens is 2. The number of allylic oxidation sites excluding steroid dienone is 3. The van der Waals surface area contributed by atoms with E-state index in [4.69, 9.17) is 17.3 Å². The quantitative estimate of drug-likeness (QED) is 0.385. The maximum Gasteiger partial charge on any atom is 0.131 e. The van der Waals surface area contributed by atoms with Crippen LogP contribution in [0.2, 0.25) is 5.02 Å². The Morgan fingerprint density at radius 3 is 2.77 bits per heavy atom. The molecule has 1 saturated heterocycles. The highest BCUT2D eigenvalue weighted by atomic mass is 35.5. The lowest BCUT2D eigenvalue weighted by molar-refractivity contribution is 0.151. The standard InChI is InChI=1S/C27H34ClFN6/c1-18(22-16-20(28)4-5-24(22)29)14-25(33-21-6-8-32-26(30)17-21)27(31-2)23-15-19(23)7-9-35-12-10-34(3)11-13-35/h4-6,8,14,16-17,19,23H,1,7,9-13,15H2,2-3H3,(H3,30,32,33)/b25-14+,31-27?. The molecule has 1 aliphatic heterocycles. The zero-order chi connectivity index (χ0) is 24.9. The van der Waals surface area contributed by atoms with Gasteiger partial charge in [-0.15, -0.1) is 0 Å². The van der Waals surface area contributed by atoms with Crippen LogP contribution in [0.5, 0.6) is 0 Å². The van der Waals surface area contributed by atoms with Crippen molar-refractivity contribution in [3.63, 3.8) is 0 Å². The fourth-order valence-corrected chi connectivity index (χ4v) is 4.83. The van der Waals surface area contributed by atoms with E-state index in [0.29, 0.717) is 33.8 Å². The number of nitrogens with one attached hydrogen (secondary N) is 1. The van der Waals surface area contributed by atoms with Crippen LogP contribution in [0.3, 0.4) is 0 Å². The monoisotopic (exact) mass is 496 g/mol.